The van der Waals surface area contributed by atoms with Crippen LogP contribution in [0, 0.1) is 0 Å². The lowest BCUT2D eigenvalue weighted by atomic mass is 9.97. The summed E-state index contributed by atoms with van der Waals surface area (Å²) in [6, 6.07) is 6.20. The van der Waals surface area contributed by atoms with E-state index in [4.69, 9.17) is 0 Å². The van der Waals surface area contributed by atoms with E-state index in [-0.39, 0.29) is 11.9 Å². The molecule has 0 N–H and O–H groups in total. The fourth-order valence-electron chi connectivity index (χ4n) is 2.84. The highest BCUT2D eigenvalue weighted by Crippen LogP contribution is 2.35. The second-order valence-electron chi connectivity index (χ2n) is 5.12. The molecule has 0 fully saturated rings. The summed E-state index contributed by atoms with van der Waals surface area (Å²) in [6.45, 7) is 2.95. The molecule has 0 saturated heterocycles. The summed E-state index contributed by atoms with van der Waals surface area (Å²) in [7, 11) is 0. The topological polar surface area (TPSA) is 33.2 Å². The highest BCUT2D eigenvalue weighted by atomic mass is 32.1. The van der Waals surface area contributed by atoms with Crippen molar-refractivity contribution in [1.29, 1.82) is 0 Å². The van der Waals surface area contributed by atoms with Crippen molar-refractivity contribution in [3.05, 3.63) is 58.1 Å². The number of carbonyl (C=O) groups is 1. The van der Waals surface area contributed by atoms with Crippen molar-refractivity contribution < 1.29 is 4.79 Å². The Labute approximate surface area is 128 Å². The molecular formula is C17H18N2OS. The standard InChI is InChI=1S/C17H18N2OS/c1-2-15-14-8-11-21-16(14)7-10-19(15)17(20)6-5-13-4-3-9-18-12-13/h3-6,8-9,11-12,15H,2,7,10H2,1H3. The smallest absolute Gasteiger partial charge is 0.247 e. The Kier molecular flexibility index (Phi) is 4.15. The van der Waals surface area contributed by atoms with Crippen molar-refractivity contribution in [2.24, 2.45) is 0 Å². The van der Waals surface area contributed by atoms with E-state index in [0.717, 1.165) is 24.9 Å². The first-order valence-corrected chi connectivity index (χ1v) is 8.12. The summed E-state index contributed by atoms with van der Waals surface area (Å²) in [6.07, 6.45) is 8.91. The van der Waals surface area contributed by atoms with E-state index in [1.807, 2.05) is 23.1 Å². The van der Waals surface area contributed by atoms with Crippen molar-refractivity contribution in [2.45, 2.75) is 25.8 Å². The maximum Gasteiger partial charge on any atom is 0.247 e. The molecular weight excluding hydrogens is 280 g/mol. The van der Waals surface area contributed by atoms with Gasteiger partial charge >= 0.3 is 0 Å². The number of fused-ring (bicyclic) bond motifs is 1. The molecule has 1 atom stereocenters. The van der Waals surface area contributed by atoms with E-state index in [2.05, 4.69) is 23.4 Å². The molecule has 0 aliphatic carbocycles. The highest BCUT2D eigenvalue weighted by molar-refractivity contribution is 7.10. The van der Waals surface area contributed by atoms with E-state index in [9.17, 15) is 4.79 Å². The minimum Gasteiger partial charge on any atom is -0.332 e. The molecule has 0 spiro atoms. The molecule has 1 unspecified atom stereocenters. The lowest BCUT2D eigenvalue weighted by Gasteiger charge is -2.34. The Hall–Kier alpha value is -1.94. The lowest BCUT2D eigenvalue weighted by molar-refractivity contribution is -0.128. The van der Waals surface area contributed by atoms with Crippen LogP contribution in [0.1, 0.15) is 35.4 Å². The van der Waals surface area contributed by atoms with E-state index >= 15 is 0 Å². The van der Waals surface area contributed by atoms with Gasteiger partial charge in [-0.05, 0) is 47.6 Å². The fraction of sp³-hybridized carbons (Fsp3) is 0.294. The number of amides is 1. The van der Waals surface area contributed by atoms with Gasteiger partial charge in [0.2, 0.25) is 5.91 Å². The maximum atomic E-state index is 12.5. The SMILES string of the molecule is CCC1c2ccsc2CCN1C(=O)C=Cc1cccnc1. The Morgan fingerprint density at radius 2 is 2.43 bits per heavy atom. The highest BCUT2D eigenvalue weighted by Gasteiger charge is 2.29. The van der Waals surface area contributed by atoms with E-state index in [0.29, 0.717) is 0 Å². The van der Waals surface area contributed by atoms with Gasteiger partial charge in [0.1, 0.15) is 0 Å². The van der Waals surface area contributed by atoms with Crippen LogP contribution in [0.5, 0.6) is 0 Å². The molecule has 0 saturated carbocycles. The molecule has 2 aromatic rings. The minimum absolute atomic E-state index is 0.0857. The molecule has 3 heterocycles. The van der Waals surface area contributed by atoms with Gasteiger partial charge < -0.3 is 4.90 Å². The van der Waals surface area contributed by atoms with E-state index in [1.54, 1.807) is 29.8 Å². The predicted molar refractivity (Wildman–Crippen MR) is 86.0 cm³/mol. The van der Waals surface area contributed by atoms with Gasteiger partial charge in [0.15, 0.2) is 0 Å². The van der Waals surface area contributed by atoms with Gasteiger partial charge in [-0.15, -0.1) is 11.3 Å². The van der Waals surface area contributed by atoms with Gasteiger partial charge in [-0.3, -0.25) is 9.78 Å². The zero-order chi connectivity index (χ0) is 14.7. The second kappa shape index (κ2) is 6.22. The molecule has 3 rings (SSSR count). The van der Waals surface area contributed by atoms with Crippen molar-refractivity contribution in [2.75, 3.05) is 6.54 Å². The number of hydrogen-bond donors (Lipinski definition) is 0. The molecule has 1 aliphatic heterocycles. The van der Waals surface area contributed by atoms with Crippen LogP contribution in [0.15, 0.2) is 42.0 Å². The molecule has 3 nitrogen and oxygen atoms in total. The van der Waals surface area contributed by atoms with Crippen LogP contribution in [-0.2, 0) is 11.2 Å². The molecule has 1 aliphatic rings. The van der Waals surface area contributed by atoms with Crippen LogP contribution in [0.3, 0.4) is 0 Å². The number of rotatable bonds is 3. The number of nitrogens with zero attached hydrogens (tertiary/aromatic N) is 2. The molecule has 108 valence electrons. The van der Waals surface area contributed by atoms with Crippen molar-refractivity contribution in [3.63, 3.8) is 0 Å². The summed E-state index contributed by atoms with van der Waals surface area (Å²) >= 11 is 1.80. The Bertz CT molecular complexity index is 648. The third-order valence-electron chi connectivity index (χ3n) is 3.87. The molecule has 2 aromatic heterocycles. The summed E-state index contributed by atoms with van der Waals surface area (Å²) in [4.78, 5) is 20.0. The summed E-state index contributed by atoms with van der Waals surface area (Å²) in [5, 5.41) is 2.13. The van der Waals surface area contributed by atoms with Gasteiger partial charge in [0, 0.05) is 29.9 Å². The van der Waals surface area contributed by atoms with Crippen LogP contribution < -0.4 is 0 Å². The zero-order valence-corrected chi connectivity index (χ0v) is 12.8. The average Bonchev–Trinajstić information content (AvgIpc) is 3.01. The van der Waals surface area contributed by atoms with Crippen molar-refractivity contribution in [1.82, 2.24) is 9.88 Å². The normalized spacial score (nSPS) is 18.0. The number of pyridine rings is 1. The molecule has 0 radical (unpaired) electrons. The molecule has 4 heteroatoms. The largest absolute Gasteiger partial charge is 0.332 e. The van der Waals surface area contributed by atoms with Crippen molar-refractivity contribution in [3.8, 4) is 0 Å². The fourth-order valence-corrected chi connectivity index (χ4v) is 3.77. The van der Waals surface area contributed by atoms with Crippen molar-refractivity contribution >= 4 is 23.3 Å². The maximum absolute atomic E-state index is 12.5. The van der Waals surface area contributed by atoms with E-state index in [1.165, 1.54) is 10.4 Å². The van der Waals surface area contributed by atoms with Crippen LogP contribution in [-0.4, -0.2) is 22.3 Å². The quantitative estimate of drug-likeness (QED) is 0.810. The van der Waals surface area contributed by atoms with Crippen LogP contribution in [0.25, 0.3) is 6.08 Å². The molecule has 1 amide bonds. The van der Waals surface area contributed by atoms with E-state index < -0.39 is 0 Å². The van der Waals surface area contributed by atoms with Crippen LogP contribution >= 0.6 is 11.3 Å². The van der Waals surface area contributed by atoms with Gasteiger partial charge in [-0.1, -0.05) is 13.0 Å². The number of carbonyl (C=O) groups excluding carboxylic acids is 1. The predicted octanol–water partition coefficient (Wildman–Crippen LogP) is 3.69. The monoisotopic (exact) mass is 298 g/mol. The minimum atomic E-state index is 0.0857. The number of thiophene rings is 1. The second-order valence-corrected chi connectivity index (χ2v) is 6.13. The summed E-state index contributed by atoms with van der Waals surface area (Å²) in [5.41, 5.74) is 2.28. The number of hydrogen-bond acceptors (Lipinski definition) is 3. The zero-order valence-electron chi connectivity index (χ0n) is 12.0. The molecule has 21 heavy (non-hydrogen) atoms. The van der Waals surface area contributed by atoms with Gasteiger partial charge in [-0.2, -0.15) is 0 Å². The third kappa shape index (κ3) is 2.90. The molecule has 0 bridgehead atoms. The lowest BCUT2D eigenvalue weighted by Crippen LogP contribution is -2.38. The van der Waals surface area contributed by atoms with Gasteiger partial charge in [0.05, 0.1) is 6.04 Å². The summed E-state index contributed by atoms with van der Waals surface area (Å²) < 4.78 is 0. The Morgan fingerprint density at radius 3 is 3.19 bits per heavy atom. The Morgan fingerprint density at radius 1 is 1.52 bits per heavy atom. The average molecular weight is 298 g/mol. The Balaban J connectivity index is 1.77. The van der Waals surface area contributed by atoms with Crippen LogP contribution in [0.4, 0.5) is 0 Å². The molecule has 0 aromatic carbocycles. The first kappa shape index (κ1) is 14.0. The third-order valence-corrected chi connectivity index (χ3v) is 4.86. The number of aromatic nitrogens is 1. The van der Waals surface area contributed by atoms with Crippen LogP contribution in [0.2, 0.25) is 0 Å². The van der Waals surface area contributed by atoms with Gasteiger partial charge in [0.25, 0.3) is 0 Å². The van der Waals surface area contributed by atoms with Gasteiger partial charge in [-0.25, -0.2) is 0 Å². The first-order chi connectivity index (χ1) is 10.3. The first-order valence-electron chi connectivity index (χ1n) is 7.24. The summed E-state index contributed by atoms with van der Waals surface area (Å²) in [5.74, 6) is 0.0857.